The largest absolute Gasteiger partial charge is 0.0906 e. The van der Waals surface area contributed by atoms with Gasteiger partial charge in [0, 0.05) is 5.56 Å². The van der Waals surface area contributed by atoms with Gasteiger partial charge < -0.3 is 0 Å². The van der Waals surface area contributed by atoms with Gasteiger partial charge in [0.15, 0.2) is 0 Å². The normalized spacial score (nSPS) is 19.7. The zero-order valence-corrected chi connectivity index (χ0v) is 21.5. The first-order chi connectivity index (χ1) is 13.5. The molecule has 0 aromatic heterocycles. The van der Waals surface area contributed by atoms with E-state index in [1.807, 2.05) is 55.4 Å². The summed E-state index contributed by atoms with van der Waals surface area (Å²) in [6.07, 6.45) is 0. The summed E-state index contributed by atoms with van der Waals surface area (Å²) in [7, 11) is 0. The molecule has 0 nitrogen and oxygen atoms in total. The molecule has 156 valence electrons. The molecule has 1 aliphatic carbocycles. The summed E-state index contributed by atoms with van der Waals surface area (Å²) < 4.78 is 0. The molecule has 0 spiro atoms. The predicted octanol–water partition coefficient (Wildman–Crippen LogP) is 8.03. The molecule has 0 heterocycles. The predicted molar refractivity (Wildman–Crippen MR) is 131 cm³/mol. The lowest BCUT2D eigenvalue weighted by Crippen LogP contribution is -2.20. The van der Waals surface area contributed by atoms with Crippen molar-refractivity contribution in [1.29, 1.82) is 0 Å². The fourth-order valence-corrected chi connectivity index (χ4v) is 3.78. The van der Waals surface area contributed by atoms with Gasteiger partial charge in [0.05, 0.1) is 47.3 Å². The summed E-state index contributed by atoms with van der Waals surface area (Å²) in [5.41, 5.74) is -1.18. The molecule has 30 heavy (non-hydrogen) atoms. The zero-order chi connectivity index (χ0) is 23.1. The van der Waals surface area contributed by atoms with Gasteiger partial charge in [-0.15, -0.1) is 0 Å². The first-order valence-corrected chi connectivity index (χ1v) is 11.0. The van der Waals surface area contributed by atoms with E-state index in [1.165, 1.54) is 0 Å². The SMILES string of the molecule is CC1(C)C#Cc2c(Cl)c(Cl)c(Cl)c(Cl)c2C(C)(C)C#CC(C)(C)C#CC(C)(C)C#C1. The van der Waals surface area contributed by atoms with Crippen molar-refractivity contribution in [3.63, 3.8) is 0 Å². The van der Waals surface area contributed by atoms with Gasteiger partial charge in [-0.25, -0.2) is 0 Å². The van der Waals surface area contributed by atoms with E-state index in [0.29, 0.717) is 16.1 Å². The summed E-state index contributed by atoms with van der Waals surface area (Å²) in [5, 5.41) is 0.937. The monoisotopic (exact) mass is 476 g/mol. The Labute approximate surface area is 201 Å². The molecular weight excluding hydrogens is 454 g/mol. The summed E-state index contributed by atoms with van der Waals surface area (Å²) >= 11 is 25.9. The van der Waals surface area contributed by atoms with Crippen molar-refractivity contribution >= 4 is 46.4 Å². The highest BCUT2D eigenvalue weighted by atomic mass is 35.5. The molecule has 4 heteroatoms. The zero-order valence-electron chi connectivity index (χ0n) is 18.5. The molecule has 0 fully saturated rings. The maximum Gasteiger partial charge on any atom is 0.0867 e. The van der Waals surface area contributed by atoms with Crippen LogP contribution < -0.4 is 0 Å². The Morgan fingerprint density at radius 3 is 1.30 bits per heavy atom. The highest BCUT2D eigenvalue weighted by Crippen LogP contribution is 2.45. The molecule has 0 saturated heterocycles. The van der Waals surface area contributed by atoms with E-state index in [0.717, 1.165) is 0 Å². The summed E-state index contributed by atoms with van der Waals surface area (Å²) in [4.78, 5) is 0. The van der Waals surface area contributed by atoms with Crippen LogP contribution in [0.5, 0.6) is 0 Å². The van der Waals surface area contributed by atoms with Crippen molar-refractivity contribution in [3.8, 4) is 47.4 Å². The standard InChI is InChI=1S/C26H24Cl4/c1-23(2)10-9-17-18(20(28)22(30)21(29)19(17)27)26(7,8)16-15-25(5,6)14-13-24(3,4)12-11-23/h1-8H3. The second kappa shape index (κ2) is 8.28. The van der Waals surface area contributed by atoms with Gasteiger partial charge in [0.2, 0.25) is 0 Å². The van der Waals surface area contributed by atoms with Gasteiger partial charge in [-0.3, -0.25) is 0 Å². The molecule has 0 saturated carbocycles. The van der Waals surface area contributed by atoms with E-state index in [9.17, 15) is 0 Å². The molecule has 1 aromatic carbocycles. The van der Waals surface area contributed by atoms with Crippen LogP contribution in [0.1, 0.15) is 66.5 Å². The highest BCUT2D eigenvalue weighted by molar-refractivity contribution is 6.52. The van der Waals surface area contributed by atoms with Crippen LogP contribution in [0, 0.1) is 63.6 Å². The highest BCUT2D eigenvalue weighted by Gasteiger charge is 2.30. The molecule has 0 unspecified atom stereocenters. The van der Waals surface area contributed by atoms with Crippen molar-refractivity contribution in [2.45, 2.75) is 60.8 Å². The Morgan fingerprint density at radius 1 is 0.467 bits per heavy atom. The lowest BCUT2D eigenvalue weighted by Gasteiger charge is -2.25. The van der Waals surface area contributed by atoms with E-state index in [1.54, 1.807) is 0 Å². The van der Waals surface area contributed by atoms with Crippen LogP contribution in [-0.2, 0) is 5.41 Å². The number of hydrogen-bond donors (Lipinski definition) is 0. The lowest BCUT2D eigenvalue weighted by atomic mass is 9.80. The molecule has 1 aromatic rings. The molecule has 2 rings (SSSR count). The minimum absolute atomic E-state index is 0.178. The first-order valence-electron chi connectivity index (χ1n) is 9.51. The van der Waals surface area contributed by atoms with E-state index >= 15 is 0 Å². The average molecular weight is 478 g/mol. The van der Waals surface area contributed by atoms with E-state index in [-0.39, 0.29) is 15.1 Å². The number of fused-ring (bicyclic) bond motifs is 1. The minimum atomic E-state index is -0.701. The Balaban J connectivity index is 3.00. The Bertz CT molecular complexity index is 1150. The first kappa shape index (κ1) is 24.9. The van der Waals surface area contributed by atoms with Crippen molar-refractivity contribution in [1.82, 2.24) is 0 Å². The number of rotatable bonds is 0. The van der Waals surface area contributed by atoms with Gasteiger partial charge in [-0.1, -0.05) is 93.8 Å². The number of halogens is 4. The van der Waals surface area contributed by atoms with E-state index < -0.39 is 21.7 Å². The van der Waals surface area contributed by atoms with Crippen LogP contribution in [0.25, 0.3) is 0 Å². The summed E-state index contributed by atoms with van der Waals surface area (Å²) in [5.74, 6) is 26.0. The molecule has 0 N–H and O–H groups in total. The van der Waals surface area contributed by atoms with Gasteiger partial charge in [0.1, 0.15) is 0 Å². The Hall–Kier alpha value is -1.38. The lowest BCUT2D eigenvalue weighted by molar-refractivity contribution is 0.637. The van der Waals surface area contributed by atoms with Crippen LogP contribution in [0.4, 0.5) is 0 Å². The molecule has 0 aliphatic heterocycles. The molecule has 0 amide bonds. The third kappa shape index (κ3) is 5.65. The number of benzene rings is 1. The van der Waals surface area contributed by atoms with Crippen LogP contribution in [-0.4, -0.2) is 0 Å². The van der Waals surface area contributed by atoms with E-state index in [2.05, 4.69) is 47.4 Å². The maximum absolute atomic E-state index is 6.64. The van der Waals surface area contributed by atoms with Crippen molar-refractivity contribution in [2.24, 2.45) is 16.2 Å². The van der Waals surface area contributed by atoms with E-state index in [4.69, 9.17) is 46.4 Å². The van der Waals surface area contributed by atoms with Crippen LogP contribution in [0.15, 0.2) is 0 Å². The van der Waals surface area contributed by atoms with Crippen LogP contribution >= 0.6 is 46.4 Å². The topological polar surface area (TPSA) is 0 Å². The Morgan fingerprint density at radius 2 is 0.833 bits per heavy atom. The molecule has 1 aliphatic rings. The quantitative estimate of drug-likeness (QED) is 0.201. The van der Waals surface area contributed by atoms with Crippen LogP contribution in [0.3, 0.4) is 0 Å². The summed E-state index contributed by atoms with van der Waals surface area (Å²) in [6, 6.07) is 0. The maximum atomic E-state index is 6.64. The van der Waals surface area contributed by atoms with Crippen molar-refractivity contribution in [3.05, 3.63) is 31.2 Å². The van der Waals surface area contributed by atoms with Crippen molar-refractivity contribution in [2.75, 3.05) is 0 Å². The Kier molecular flexibility index (Phi) is 6.87. The van der Waals surface area contributed by atoms with Crippen LogP contribution in [0.2, 0.25) is 20.1 Å². The molecule has 0 radical (unpaired) electrons. The molecule has 0 bridgehead atoms. The number of hydrogen-bond acceptors (Lipinski definition) is 0. The third-order valence-electron chi connectivity index (χ3n) is 4.45. The van der Waals surface area contributed by atoms with Gasteiger partial charge in [0.25, 0.3) is 0 Å². The summed E-state index contributed by atoms with van der Waals surface area (Å²) in [6.45, 7) is 15.7. The second-order valence-electron chi connectivity index (χ2n) is 9.51. The molecule has 0 atom stereocenters. The fourth-order valence-electron chi connectivity index (χ4n) is 2.65. The average Bonchev–Trinajstić information content (AvgIpc) is 2.63. The van der Waals surface area contributed by atoms with Crippen molar-refractivity contribution < 1.29 is 0 Å². The second-order valence-corrected chi connectivity index (χ2v) is 11.0. The van der Waals surface area contributed by atoms with Gasteiger partial charge in [-0.05, 0) is 55.4 Å². The smallest absolute Gasteiger partial charge is 0.0867 e. The molecular formula is C26H24Cl4. The third-order valence-corrected chi connectivity index (χ3v) is 6.26. The minimum Gasteiger partial charge on any atom is -0.0906 e. The fraction of sp³-hybridized carbons (Fsp3) is 0.462. The van der Waals surface area contributed by atoms with Gasteiger partial charge >= 0.3 is 0 Å². The van der Waals surface area contributed by atoms with Gasteiger partial charge in [-0.2, -0.15) is 0 Å².